The normalized spacial score (nSPS) is 27.0. The molecule has 2 rings (SSSR count). The fourth-order valence-corrected chi connectivity index (χ4v) is 3.10. The summed E-state index contributed by atoms with van der Waals surface area (Å²) < 4.78 is 0.681. The van der Waals surface area contributed by atoms with Gasteiger partial charge in [0, 0.05) is 16.7 Å². The Hall–Kier alpha value is -1.10. The number of carboxylic acid groups (broad SMARTS) is 1. The number of pyridine rings is 1. The van der Waals surface area contributed by atoms with Gasteiger partial charge in [0.2, 0.25) is 0 Å². The van der Waals surface area contributed by atoms with E-state index in [1.807, 2.05) is 0 Å². The largest absolute Gasteiger partial charge is 0.478 e. The highest BCUT2D eigenvalue weighted by atomic mass is 79.9. The van der Waals surface area contributed by atoms with Crippen molar-refractivity contribution in [1.82, 2.24) is 4.98 Å². The lowest BCUT2D eigenvalue weighted by Crippen LogP contribution is -2.33. The van der Waals surface area contributed by atoms with Crippen molar-refractivity contribution in [2.24, 2.45) is 11.8 Å². The van der Waals surface area contributed by atoms with Gasteiger partial charge in [-0.2, -0.15) is 0 Å². The number of anilines is 1. The molecule has 5 heteroatoms. The Morgan fingerprint density at radius 1 is 1.47 bits per heavy atom. The minimum atomic E-state index is -0.951. The van der Waals surface area contributed by atoms with Gasteiger partial charge in [-0.15, -0.1) is 0 Å². The highest BCUT2D eigenvalue weighted by molar-refractivity contribution is 9.10. The molecule has 0 amide bonds. The standard InChI is InChI=1S/C14H19BrN2O2/c1-8-3-4-12(9(2)5-8)17-13-11(14(18)19)6-10(15)7-16-13/h6-9,12H,3-5H2,1-2H3,(H,16,17)(H,18,19). The van der Waals surface area contributed by atoms with Crippen LogP contribution in [0.2, 0.25) is 0 Å². The molecule has 0 saturated heterocycles. The second-order valence-corrected chi connectivity index (χ2v) is 6.42. The maximum Gasteiger partial charge on any atom is 0.339 e. The lowest BCUT2D eigenvalue weighted by atomic mass is 9.80. The molecule has 0 aromatic carbocycles. The van der Waals surface area contributed by atoms with Gasteiger partial charge in [0.25, 0.3) is 0 Å². The zero-order valence-corrected chi connectivity index (χ0v) is 12.8. The second-order valence-electron chi connectivity index (χ2n) is 5.50. The smallest absolute Gasteiger partial charge is 0.339 e. The summed E-state index contributed by atoms with van der Waals surface area (Å²) in [6, 6.07) is 1.90. The Morgan fingerprint density at radius 3 is 2.84 bits per heavy atom. The topological polar surface area (TPSA) is 62.2 Å². The van der Waals surface area contributed by atoms with Crippen LogP contribution in [-0.2, 0) is 0 Å². The van der Waals surface area contributed by atoms with Crippen molar-refractivity contribution < 1.29 is 9.90 Å². The predicted octanol–water partition coefficient (Wildman–Crippen LogP) is 3.78. The fraction of sp³-hybridized carbons (Fsp3) is 0.571. The van der Waals surface area contributed by atoms with Crippen molar-refractivity contribution >= 4 is 27.7 Å². The van der Waals surface area contributed by atoms with Gasteiger partial charge in [-0.05, 0) is 53.1 Å². The second kappa shape index (κ2) is 5.90. The third-order valence-corrected chi connectivity index (χ3v) is 4.27. The molecule has 19 heavy (non-hydrogen) atoms. The molecule has 1 heterocycles. The number of halogens is 1. The summed E-state index contributed by atoms with van der Waals surface area (Å²) >= 11 is 3.26. The lowest BCUT2D eigenvalue weighted by Gasteiger charge is -2.33. The van der Waals surface area contributed by atoms with Gasteiger partial charge >= 0.3 is 5.97 Å². The van der Waals surface area contributed by atoms with E-state index in [0.29, 0.717) is 22.3 Å². The van der Waals surface area contributed by atoms with E-state index in [4.69, 9.17) is 0 Å². The number of hydrogen-bond acceptors (Lipinski definition) is 3. The van der Waals surface area contributed by atoms with Crippen LogP contribution >= 0.6 is 15.9 Å². The van der Waals surface area contributed by atoms with Gasteiger partial charge in [0.15, 0.2) is 0 Å². The van der Waals surface area contributed by atoms with E-state index >= 15 is 0 Å². The monoisotopic (exact) mass is 326 g/mol. The highest BCUT2D eigenvalue weighted by Gasteiger charge is 2.26. The number of aromatic nitrogens is 1. The Labute approximate surface area is 121 Å². The summed E-state index contributed by atoms with van der Waals surface area (Å²) in [4.78, 5) is 15.5. The van der Waals surface area contributed by atoms with E-state index in [1.165, 1.54) is 12.8 Å². The van der Waals surface area contributed by atoms with Crippen LogP contribution in [0.1, 0.15) is 43.5 Å². The third kappa shape index (κ3) is 3.47. The number of aromatic carboxylic acids is 1. The Balaban J connectivity index is 2.17. The van der Waals surface area contributed by atoms with E-state index in [2.05, 4.69) is 40.1 Å². The first-order chi connectivity index (χ1) is 8.97. The Morgan fingerprint density at radius 2 is 2.21 bits per heavy atom. The van der Waals surface area contributed by atoms with Crippen molar-refractivity contribution in [3.8, 4) is 0 Å². The SMILES string of the molecule is CC1CCC(Nc2ncc(Br)cc2C(=O)O)C(C)C1. The lowest BCUT2D eigenvalue weighted by molar-refractivity contribution is 0.0697. The van der Waals surface area contributed by atoms with Gasteiger partial charge in [-0.1, -0.05) is 13.8 Å². The maximum absolute atomic E-state index is 11.2. The molecule has 0 radical (unpaired) electrons. The number of nitrogens with zero attached hydrogens (tertiary/aromatic N) is 1. The molecule has 1 saturated carbocycles. The zero-order valence-electron chi connectivity index (χ0n) is 11.2. The fourth-order valence-electron chi connectivity index (χ4n) is 2.77. The van der Waals surface area contributed by atoms with Crippen LogP contribution in [0.3, 0.4) is 0 Å². The first-order valence-corrected chi connectivity index (χ1v) is 7.42. The molecule has 1 aromatic heterocycles. The summed E-state index contributed by atoms with van der Waals surface area (Å²) in [5, 5.41) is 12.5. The predicted molar refractivity (Wildman–Crippen MR) is 78.5 cm³/mol. The van der Waals surface area contributed by atoms with E-state index < -0.39 is 5.97 Å². The summed E-state index contributed by atoms with van der Waals surface area (Å²) in [7, 11) is 0. The molecule has 4 nitrogen and oxygen atoms in total. The number of carbonyl (C=O) groups is 1. The molecule has 0 spiro atoms. The number of carboxylic acids is 1. The van der Waals surface area contributed by atoms with Crippen LogP contribution in [-0.4, -0.2) is 22.1 Å². The number of rotatable bonds is 3. The molecule has 1 aromatic rings. The van der Waals surface area contributed by atoms with Gasteiger partial charge < -0.3 is 10.4 Å². The molecule has 1 aliphatic rings. The van der Waals surface area contributed by atoms with Crippen molar-refractivity contribution in [2.75, 3.05) is 5.32 Å². The van der Waals surface area contributed by atoms with Crippen LogP contribution in [0.15, 0.2) is 16.7 Å². The zero-order chi connectivity index (χ0) is 14.0. The first kappa shape index (κ1) is 14.3. The number of hydrogen-bond donors (Lipinski definition) is 2. The van der Waals surface area contributed by atoms with Gasteiger partial charge in [-0.25, -0.2) is 9.78 Å². The molecule has 0 bridgehead atoms. The van der Waals surface area contributed by atoms with Gasteiger partial charge in [-0.3, -0.25) is 0 Å². The van der Waals surface area contributed by atoms with Crippen LogP contribution in [0, 0.1) is 11.8 Å². The van der Waals surface area contributed by atoms with E-state index in [-0.39, 0.29) is 5.56 Å². The summed E-state index contributed by atoms with van der Waals surface area (Å²) in [6.45, 7) is 4.49. The Bertz CT molecular complexity index is 479. The average Bonchev–Trinajstić information content (AvgIpc) is 2.34. The Kier molecular flexibility index (Phi) is 4.45. The molecular weight excluding hydrogens is 308 g/mol. The molecule has 3 unspecified atom stereocenters. The molecule has 1 aliphatic carbocycles. The van der Waals surface area contributed by atoms with E-state index in [9.17, 15) is 9.90 Å². The summed E-state index contributed by atoms with van der Waals surface area (Å²) in [6.07, 6.45) is 5.06. The van der Waals surface area contributed by atoms with Crippen molar-refractivity contribution in [3.05, 3.63) is 22.3 Å². The van der Waals surface area contributed by atoms with Gasteiger partial charge in [0.05, 0.1) is 0 Å². The average molecular weight is 327 g/mol. The maximum atomic E-state index is 11.2. The minimum Gasteiger partial charge on any atom is -0.478 e. The molecular formula is C14H19BrN2O2. The van der Waals surface area contributed by atoms with Crippen LogP contribution in [0.4, 0.5) is 5.82 Å². The summed E-state index contributed by atoms with van der Waals surface area (Å²) in [5.74, 6) is 0.816. The van der Waals surface area contributed by atoms with Crippen LogP contribution < -0.4 is 5.32 Å². The minimum absolute atomic E-state index is 0.222. The molecule has 3 atom stereocenters. The first-order valence-electron chi connectivity index (χ1n) is 6.62. The van der Waals surface area contributed by atoms with E-state index in [1.54, 1.807) is 12.3 Å². The van der Waals surface area contributed by atoms with Crippen molar-refractivity contribution in [3.63, 3.8) is 0 Å². The van der Waals surface area contributed by atoms with Crippen molar-refractivity contribution in [2.45, 2.75) is 39.2 Å². The van der Waals surface area contributed by atoms with Crippen LogP contribution in [0.5, 0.6) is 0 Å². The molecule has 0 aliphatic heterocycles. The molecule has 2 N–H and O–H groups in total. The van der Waals surface area contributed by atoms with Gasteiger partial charge in [0.1, 0.15) is 11.4 Å². The number of nitrogens with one attached hydrogen (secondary N) is 1. The quantitative estimate of drug-likeness (QED) is 0.887. The highest BCUT2D eigenvalue weighted by Crippen LogP contribution is 2.31. The van der Waals surface area contributed by atoms with Crippen molar-refractivity contribution in [1.29, 1.82) is 0 Å². The molecule has 1 fully saturated rings. The van der Waals surface area contributed by atoms with Crippen LogP contribution in [0.25, 0.3) is 0 Å². The summed E-state index contributed by atoms with van der Waals surface area (Å²) in [5.41, 5.74) is 0.222. The van der Waals surface area contributed by atoms with E-state index in [0.717, 1.165) is 12.3 Å². The molecule has 104 valence electrons. The third-order valence-electron chi connectivity index (χ3n) is 3.84.